The maximum Gasteiger partial charge on any atom is 0.279 e. The lowest BCUT2D eigenvalue weighted by atomic mass is 10.1. The number of thiazole rings is 1. The van der Waals surface area contributed by atoms with Crippen LogP contribution in [0.3, 0.4) is 0 Å². The Kier molecular flexibility index (Phi) is 4.60. The first-order valence-corrected chi connectivity index (χ1v) is 10.6. The van der Waals surface area contributed by atoms with Gasteiger partial charge in [0.2, 0.25) is 11.0 Å². The summed E-state index contributed by atoms with van der Waals surface area (Å²) in [5.74, 6) is 0.0330. The minimum Gasteiger partial charge on any atom is -0.508 e. The van der Waals surface area contributed by atoms with Crippen LogP contribution in [0.4, 0.5) is 10.3 Å². The fourth-order valence-electron chi connectivity index (χ4n) is 3.05. The van der Waals surface area contributed by atoms with Crippen LogP contribution in [0.5, 0.6) is 17.4 Å². The molecule has 0 fully saturated rings. The summed E-state index contributed by atoms with van der Waals surface area (Å²) in [6.45, 7) is 0. The fraction of sp³-hybridized carbons (Fsp3) is 0.0500. The summed E-state index contributed by atoms with van der Waals surface area (Å²) in [5.41, 5.74) is 1.09. The number of carbonyl (C=O) groups excluding carboxylic acids is 1. The Balaban J connectivity index is 1.48. The van der Waals surface area contributed by atoms with Gasteiger partial charge in [-0.05, 0) is 42.5 Å². The van der Waals surface area contributed by atoms with Gasteiger partial charge in [0.05, 0.1) is 18.0 Å². The Morgan fingerprint density at radius 1 is 1.00 bits per heavy atom. The molecule has 0 saturated carbocycles. The summed E-state index contributed by atoms with van der Waals surface area (Å²) in [5, 5.41) is 33.6. The van der Waals surface area contributed by atoms with E-state index >= 15 is 0 Å². The van der Waals surface area contributed by atoms with Crippen LogP contribution in [-0.2, 0) is 4.79 Å². The Hall–Kier alpha value is -3.83. The van der Waals surface area contributed by atoms with E-state index in [-0.39, 0.29) is 17.2 Å². The van der Waals surface area contributed by atoms with Gasteiger partial charge >= 0.3 is 0 Å². The van der Waals surface area contributed by atoms with Gasteiger partial charge in [-0.25, -0.2) is 4.99 Å². The second-order valence-electron chi connectivity index (χ2n) is 6.43. The zero-order valence-corrected chi connectivity index (χ0v) is 17.5. The number of rotatable bonds is 5. The van der Waals surface area contributed by atoms with Crippen molar-refractivity contribution in [2.75, 3.05) is 12.4 Å². The van der Waals surface area contributed by atoms with Gasteiger partial charge in [-0.1, -0.05) is 22.7 Å². The number of nitrogens with one attached hydrogen (secondary N) is 1. The lowest BCUT2D eigenvalue weighted by Crippen LogP contribution is -2.23. The highest BCUT2D eigenvalue weighted by molar-refractivity contribution is 7.20. The predicted octanol–water partition coefficient (Wildman–Crippen LogP) is 2.18. The Bertz CT molecular complexity index is 1440. The Morgan fingerprint density at radius 3 is 2.58 bits per heavy atom. The number of carbonyl (C=O) groups is 1. The molecule has 0 saturated heterocycles. The smallest absolute Gasteiger partial charge is 0.279 e. The van der Waals surface area contributed by atoms with E-state index in [2.05, 4.69) is 25.5 Å². The molecular formula is C20H13N5O4S2. The van der Waals surface area contributed by atoms with Crippen molar-refractivity contribution < 1.29 is 19.7 Å². The molecule has 0 atom stereocenters. The number of ether oxygens (including phenoxy) is 1. The summed E-state index contributed by atoms with van der Waals surface area (Å²) < 4.78 is 5.24. The number of phenols is 1. The van der Waals surface area contributed by atoms with Gasteiger partial charge in [0, 0.05) is 10.8 Å². The van der Waals surface area contributed by atoms with Crippen LogP contribution in [0.15, 0.2) is 47.5 Å². The van der Waals surface area contributed by atoms with Crippen molar-refractivity contribution in [1.82, 2.24) is 15.2 Å². The summed E-state index contributed by atoms with van der Waals surface area (Å²) >= 11 is 2.40. The molecule has 1 amide bonds. The molecule has 31 heavy (non-hydrogen) atoms. The molecular weight excluding hydrogens is 438 g/mol. The van der Waals surface area contributed by atoms with Crippen LogP contribution in [0.25, 0.3) is 16.1 Å². The van der Waals surface area contributed by atoms with Crippen molar-refractivity contribution in [3.8, 4) is 28.0 Å². The van der Waals surface area contributed by atoms with E-state index in [0.29, 0.717) is 36.5 Å². The highest BCUT2D eigenvalue weighted by Crippen LogP contribution is 2.36. The zero-order chi connectivity index (χ0) is 21.5. The molecule has 5 rings (SSSR count). The zero-order valence-electron chi connectivity index (χ0n) is 15.9. The maximum absolute atomic E-state index is 12.5. The summed E-state index contributed by atoms with van der Waals surface area (Å²) in [4.78, 5) is 21.0. The topological polar surface area (TPSA) is 130 Å². The average Bonchev–Trinajstić information content (AvgIpc) is 3.45. The van der Waals surface area contributed by atoms with Crippen LogP contribution < -0.4 is 20.6 Å². The third-order valence-corrected chi connectivity index (χ3v) is 6.36. The molecule has 2 aromatic heterocycles. The third-order valence-electron chi connectivity index (χ3n) is 4.50. The van der Waals surface area contributed by atoms with Crippen molar-refractivity contribution in [3.63, 3.8) is 0 Å². The number of amides is 1. The SMILES string of the molecule is COc1ccc2c(c1)=C(c1sc(Nc3nnc(-c4ccc(O)cc4)s3)nc1O)C(=O)N=2. The molecule has 0 aliphatic carbocycles. The van der Waals surface area contributed by atoms with E-state index < -0.39 is 5.91 Å². The summed E-state index contributed by atoms with van der Waals surface area (Å²) in [6.07, 6.45) is 0. The van der Waals surface area contributed by atoms with Gasteiger partial charge in [0.25, 0.3) is 5.91 Å². The minimum atomic E-state index is -0.445. The lowest BCUT2D eigenvalue weighted by Gasteiger charge is -1.99. The molecule has 11 heteroatoms. The van der Waals surface area contributed by atoms with Crippen LogP contribution >= 0.6 is 22.7 Å². The molecule has 9 nitrogen and oxygen atoms in total. The number of hydrogen-bond acceptors (Lipinski definition) is 10. The molecule has 3 N–H and O–H groups in total. The first-order chi connectivity index (χ1) is 15.0. The number of fused-ring (bicyclic) bond motifs is 1. The molecule has 3 heterocycles. The van der Waals surface area contributed by atoms with Crippen molar-refractivity contribution >= 4 is 44.4 Å². The number of aromatic nitrogens is 3. The highest BCUT2D eigenvalue weighted by Gasteiger charge is 2.25. The van der Waals surface area contributed by atoms with Crippen LogP contribution in [-0.4, -0.2) is 38.4 Å². The number of hydrogen-bond donors (Lipinski definition) is 3. The minimum absolute atomic E-state index is 0.169. The molecule has 0 unspecified atom stereocenters. The quantitative estimate of drug-likeness (QED) is 0.421. The van der Waals surface area contributed by atoms with Crippen LogP contribution in [0, 0.1) is 0 Å². The second-order valence-corrected chi connectivity index (χ2v) is 8.41. The van der Waals surface area contributed by atoms with Gasteiger partial charge in [0.15, 0.2) is 5.13 Å². The normalized spacial score (nSPS) is 12.5. The van der Waals surface area contributed by atoms with Crippen molar-refractivity contribution in [2.45, 2.75) is 0 Å². The van der Waals surface area contributed by atoms with E-state index in [9.17, 15) is 15.0 Å². The number of aromatic hydroxyl groups is 2. The molecule has 0 bridgehead atoms. The number of benzene rings is 2. The van der Waals surface area contributed by atoms with E-state index in [1.165, 1.54) is 18.4 Å². The van der Waals surface area contributed by atoms with Crippen molar-refractivity contribution in [2.24, 2.45) is 4.99 Å². The molecule has 0 radical (unpaired) electrons. The Labute approximate surface area is 182 Å². The molecule has 154 valence electrons. The van der Waals surface area contributed by atoms with Gasteiger partial charge in [-0.3, -0.25) is 4.79 Å². The number of phenolic OH excluding ortho intramolecular Hbond substituents is 1. The first kappa shape index (κ1) is 19.2. The molecule has 4 aromatic rings. The fourth-order valence-corrected chi connectivity index (χ4v) is 4.78. The molecule has 2 aromatic carbocycles. The second kappa shape index (κ2) is 7.45. The van der Waals surface area contributed by atoms with Gasteiger partial charge in [-0.15, -0.1) is 10.2 Å². The standard InChI is InChI=1S/C20H13N5O4S2/c1-29-11-6-7-13-12(8-11)14(16(27)21-13)15-17(28)22-19(30-15)23-20-25-24-18(31-20)9-2-4-10(26)5-3-9/h2-8,26,28H,1H3,(H,22,23,25). The predicted molar refractivity (Wildman–Crippen MR) is 115 cm³/mol. The van der Waals surface area contributed by atoms with E-state index in [1.54, 1.807) is 42.5 Å². The average molecular weight is 451 g/mol. The van der Waals surface area contributed by atoms with E-state index in [1.807, 2.05) is 0 Å². The molecule has 1 aliphatic heterocycles. The number of methoxy groups -OCH3 is 1. The molecule has 0 spiro atoms. The summed E-state index contributed by atoms with van der Waals surface area (Å²) in [6, 6.07) is 11.8. The lowest BCUT2D eigenvalue weighted by molar-refractivity contribution is -0.112. The van der Waals surface area contributed by atoms with Crippen molar-refractivity contribution in [3.05, 3.63) is 57.9 Å². The highest BCUT2D eigenvalue weighted by atomic mass is 32.1. The largest absolute Gasteiger partial charge is 0.508 e. The van der Waals surface area contributed by atoms with E-state index in [0.717, 1.165) is 16.9 Å². The van der Waals surface area contributed by atoms with Crippen LogP contribution in [0.2, 0.25) is 0 Å². The van der Waals surface area contributed by atoms with Gasteiger partial charge < -0.3 is 20.3 Å². The van der Waals surface area contributed by atoms with Crippen molar-refractivity contribution in [1.29, 1.82) is 0 Å². The van der Waals surface area contributed by atoms with Gasteiger partial charge in [-0.2, -0.15) is 4.98 Å². The summed E-state index contributed by atoms with van der Waals surface area (Å²) in [7, 11) is 1.54. The van der Waals surface area contributed by atoms with Gasteiger partial charge in [0.1, 0.15) is 21.4 Å². The number of anilines is 2. The molecule has 1 aliphatic rings. The Morgan fingerprint density at radius 2 is 1.81 bits per heavy atom. The van der Waals surface area contributed by atoms with E-state index in [4.69, 9.17) is 4.74 Å². The monoisotopic (exact) mass is 451 g/mol. The maximum atomic E-state index is 12.5. The first-order valence-electron chi connectivity index (χ1n) is 8.93. The van der Waals surface area contributed by atoms with Crippen LogP contribution in [0.1, 0.15) is 4.88 Å². The third kappa shape index (κ3) is 3.49. The number of nitrogens with zero attached hydrogens (tertiary/aromatic N) is 4.